The van der Waals surface area contributed by atoms with Gasteiger partial charge in [-0.1, -0.05) is 36.0 Å². The molecule has 2 aromatic carbocycles. The number of pyridine rings is 1. The number of benzene rings is 2. The lowest BCUT2D eigenvalue weighted by Crippen LogP contribution is -2.14. The van der Waals surface area contributed by atoms with Crippen molar-refractivity contribution < 1.29 is 4.79 Å². The monoisotopic (exact) mass is 402 g/mol. The first-order valence-electron chi connectivity index (χ1n) is 8.90. The Hall–Kier alpha value is -3.65. The lowest BCUT2D eigenvalue weighted by atomic mass is 10.2. The van der Waals surface area contributed by atoms with Gasteiger partial charge in [0.25, 0.3) is 0 Å². The van der Waals surface area contributed by atoms with Crippen molar-refractivity contribution in [1.29, 1.82) is 0 Å². The van der Waals surface area contributed by atoms with E-state index in [4.69, 9.17) is 5.73 Å². The van der Waals surface area contributed by atoms with Crippen LogP contribution in [0.5, 0.6) is 0 Å². The zero-order valence-electron chi connectivity index (χ0n) is 15.4. The number of hydrogen-bond donors (Lipinski definition) is 2. The van der Waals surface area contributed by atoms with E-state index in [9.17, 15) is 4.79 Å². The number of nitrogen functional groups attached to an aromatic ring is 1. The summed E-state index contributed by atoms with van der Waals surface area (Å²) >= 11 is 1.32. The van der Waals surface area contributed by atoms with Crippen LogP contribution in [0.15, 0.2) is 84.3 Å². The minimum atomic E-state index is -0.145. The van der Waals surface area contributed by atoms with Crippen molar-refractivity contribution in [2.24, 2.45) is 0 Å². The third kappa shape index (κ3) is 4.44. The number of nitrogens with two attached hydrogens (primary N) is 1. The molecule has 0 unspecified atom stereocenters. The second kappa shape index (κ2) is 8.57. The van der Waals surface area contributed by atoms with Crippen LogP contribution in [0.3, 0.4) is 0 Å². The van der Waals surface area contributed by atoms with E-state index in [2.05, 4.69) is 20.5 Å². The number of amides is 1. The summed E-state index contributed by atoms with van der Waals surface area (Å²) in [4.78, 5) is 16.4. The maximum Gasteiger partial charge on any atom is 0.234 e. The standard InChI is InChI=1S/C21H18N6OS/c22-16-5-4-6-17(13-16)24-19(28)14-29-21-26-25-20(15-9-11-23-12-10-15)27(21)18-7-2-1-3-8-18/h1-13H,14,22H2,(H,24,28). The summed E-state index contributed by atoms with van der Waals surface area (Å²) in [6.07, 6.45) is 3.43. The maximum absolute atomic E-state index is 12.4. The maximum atomic E-state index is 12.4. The number of nitrogens with one attached hydrogen (secondary N) is 1. The highest BCUT2D eigenvalue weighted by atomic mass is 32.2. The van der Waals surface area contributed by atoms with Gasteiger partial charge in [0.15, 0.2) is 11.0 Å². The number of para-hydroxylation sites is 1. The zero-order chi connectivity index (χ0) is 20.1. The molecule has 0 aliphatic carbocycles. The van der Waals surface area contributed by atoms with Crippen molar-refractivity contribution in [3.8, 4) is 17.1 Å². The second-order valence-electron chi connectivity index (χ2n) is 6.18. The molecule has 0 saturated heterocycles. The first-order chi connectivity index (χ1) is 14.2. The van der Waals surface area contributed by atoms with Gasteiger partial charge < -0.3 is 11.1 Å². The molecular weight excluding hydrogens is 384 g/mol. The van der Waals surface area contributed by atoms with Crippen LogP contribution in [0.1, 0.15) is 0 Å². The molecule has 0 aliphatic rings. The molecule has 7 nitrogen and oxygen atoms in total. The number of hydrogen-bond acceptors (Lipinski definition) is 6. The molecule has 2 heterocycles. The first-order valence-corrected chi connectivity index (χ1v) is 9.89. The summed E-state index contributed by atoms with van der Waals surface area (Å²) < 4.78 is 1.94. The van der Waals surface area contributed by atoms with Crippen molar-refractivity contribution in [2.75, 3.05) is 16.8 Å². The van der Waals surface area contributed by atoms with Crippen LogP contribution in [0.4, 0.5) is 11.4 Å². The summed E-state index contributed by atoms with van der Waals surface area (Å²) in [5.74, 6) is 0.738. The fourth-order valence-electron chi connectivity index (χ4n) is 2.80. The average Bonchev–Trinajstić information content (AvgIpc) is 3.17. The van der Waals surface area contributed by atoms with Gasteiger partial charge in [-0.25, -0.2) is 0 Å². The molecule has 2 aromatic heterocycles. The van der Waals surface area contributed by atoms with E-state index in [1.54, 1.807) is 36.7 Å². The van der Waals surface area contributed by atoms with Crippen molar-refractivity contribution in [3.05, 3.63) is 79.1 Å². The predicted molar refractivity (Wildman–Crippen MR) is 115 cm³/mol. The number of nitrogens with zero attached hydrogens (tertiary/aromatic N) is 4. The predicted octanol–water partition coefficient (Wildman–Crippen LogP) is 3.64. The lowest BCUT2D eigenvalue weighted by Gasteiger charge is -2.10. The van der Waals surface area contributed by atoms with E-state index in [0.717, 1.165) is 11.3 Å². The summed E-state index contributed by atoms with van der Waals surface area (Å²) in [7, 11) is 0. The van der Waals surface area contributed by atoms with E-state index in [1.165, 1.54) is 11.8 Å². The van der Waals surface area contributed by atoms with Gasteiger partial charge in [-0.15, -0.1) is 10.2 Å². The molecule has 0 atom stereocenters. The normalized spacial score (nSPS) is 10.6. The lowest BCUT2D eigenvalue weighted by molar-refractivity contribution is -0.113. The highest BCUT2D eigenvalue weighted by Crippen LogP contribution is 2.27. The second-order valence-corrected chi connectivity index (χ2v) is 7.12. The Morgan fingerprint density at radius 1 is 1.00 bits per heavy atom. The highest BCUT2D eigenvalue weighted by molar-refractivity contribution is 7.99. The Balaban J connectivity index is 1.57. The quantitative estimate of drug-likeness (QED) is 0.377. The highest BCUT2D eigenvalue weighted by Gasteiger charge is 2.17. The molecule has 0 fully saturated rings. The molecule has 0 saturated carbocycles. The van der Waals surface area contributed by atoms with E-state index in [-0.39, 0.29) is 11.7 Å². The van der Waals surface area contributed by atoms with Crippen LogP contribution in [-0.4, -0.2) is 31.4 Å². The molecular formula is C21H18N6OS. The SMILES string of the molecule is Nc1cccc(NC(=O)CSc2nnc(-c3ccncc3)n2-c2ccccc2)c1. The number of aromatic nitrogens is 4. The van der Waals surface area contributed by atoms with E-state index in [1.807, 2.05) is 47.0 Å². The van der Waals surface area contributed by atoms with Crippen LogP contribution in [0, 0.1) is 0 Å². The fourth-order valence-corrected chi connectivity index (χ4v) is 3.56. The molecule has 4 aromatic rings. The number of thioether (sulfide) groups is 1. The van der Waals surface area contributed by atoms with Crippen LogP contribution in [0.2, 0.25) is 0 Å². The smallest absolute Gasteiger partial charge is 0.234 e. The Morgan fingerprint density at radius 3 is 2.55 bits per heavy atom. The molecule has 0 bridgehead atoms. The van der Waals surface area contributed by atoms with Gasteiger partial charge >= 0.3 is 0 Å². The summed E-state index contributed by atoms with van der Waals surface area (Å²) in [6.45, 7) is 0. The third-order valence-electron chi connectivity index (χ3n) is 4.09. The van der Waals surface area contributed by atoms with Crippen molar-refractivity contribution in [1.82, 2.24) is 19.7 Å². The average molecular weight is 402 g/mol. The minimum Gasteiger partial charge on any atom is -0.399 e. The molecule has 0 radical (unpaired) electrons. The van der Waals surface area contributed by atoms with E-state index in [0.29, 0.717) is 22.4 Å². The Morgan fingerprint density at radius 2 is 1.79 bits per heavy atom. The van der Waals surface area contributed by atoms with Gasteiger partial charge in [-0.05, 0) is 42.5 Å². The fraction of sp³-hybridized carbons (Fsp3) is 0.0476. The van der Waals surface area contributed by atoms with Crippen molar-refractivity contribution >= 4 is 29.0 Å². The van der Waals surface area contributed by atoms with E-state index < -0.39 is 0 Å². The van der Waals surface area contributed by atoms with Crippen LogP contribution >= 0.6 is 11.8 Å². The molecule has 0 aliphatic heterocycles. The van der Waals surface area contributed by atoms with Gasteiger partial charge in [0.2, 0.25) is 5.91 Å². The summed E-state index contributed by atoms with van der Waals surface area (Å²) in [6, 6.07) is 20.7. The van der Waals surface area contributed by atoms with Gasteiger partial charge in [0.1, 0.15) is 0 Å². The molecule has 8 heteroatoms. The largest absolute Gasteiger partial charge is 0.399 e. The first kappa shape index (κ1) is 18.7. The Labute approximate surface area is 172 Å². The van der Waals surface area contributed by atoms with Gasteiger partial charge in [0, 0.05) is 35.0 Å². The van der Waals surface area contributed by atoms with Crippen LogP contribution < -0.4 is 11.1 Å². The number of carbonyl (C=O) groups excluding carboxylic acids is 1. The van der Waals surface area contributed by atoms with Crippen molar-refractivity contribution in [2.45, 2.75) is 5.16 Å². The number of rotatable bonds is 6. The Kier molecular flexibility index (Phi) is 5.53. The van der Waals surface area contributed by atoms with Gasteiger partial charge in [-0.2, -0.15) is 0 Å². The molecule has 3 N–H and O–H groups in total. The van der Waals surface area contributed by atoms with E-state index >= 15 is 0 Å². The number of carbonyl (C=O) groups is 1. The molecule has 0 spiro atoms. The summed E-state index contributed by atoms with van der Waals surface area (Å²) in [5, 5.41) is 12.1. The van der Waals surface area contributed by atoms with Crippen LogP contribution in [0.25, 0.3) is 17.1 Å². The minimum absolute atomic E-state index is 0.145. The number of anilines is 2. The summed E-state index contributed by atoms with van der Waals surface area (Å²) in [5.41, 5.74) is 8.84. The molecule has 1 amide bonds. The molecule has 4 rings (SSSR count). The van der Waals surface area contributed by atoms with Gasteiger partial charge in [-0.3, -0.25) is 14.3 Å². The third-order valence-corrected chi connectivity index (χ3v) is 5.02. The Bertz CT molecular complexity index is 1110. The zero-order valence-corrected chi connectivity index (χ0v) is 16.2. The van der Waals surface area contributed by atoms with Crippen molar-refractivity contribution in [3.63, 3.8) is 0 Å². The molecule has 29 heavy (non-hydrogen) atoms. The molecule has 144 valence electrons. The van der Waals surface area contributed by atoms with Crippen LogP contribution in [-0.2, 0) is 4.79 Å². The van der Waals surface area contributed by atoms with Gasteiger partial charge in [0.05, 0.1) is 5.75 Å². The topological polar surface area (TPSA) is 98.7 Å².